The predicted octanol–water partition coefficient (Wildman–Crippen LogP) is 8.71. The molecule has 0 heterocycles. The molecular formula is C31H40BrN2O2P. The highest BCUT2D eigenvalue weighted by molar-refractivity contribution is 9.10. The van der Waals surface area contributed by atoms with Crippen LogP contribution in [-0.2, 0) is 9.09 Å². The summed E-state index contributed by atoms with van der Waals surface area (Å²) in [6.45, 7) is 6.82. The van der Waals surface area contributed by atoms with Gasteiger partial charge in [0.15, 0.2) is 0 Å². The first-order valence-corrected chi connectivity index (χ1v) is 15.8. The van der Waals surface area contributed by atoms with E-state index in [0.29, 0.717) is 17.8 Å². The highest BCUT2D eigenvalue weighted by Gasteiger charge is 2.43. The van der Waals surface area contributed by atoms with Crippen molar-refractivity contribution >= 4 is 40.0 Å². The van der Waals surface area contributed by atoms with Gasteiger partial charge in [-0.25, -0.2) is 0 Å². The number of para-hydroxylation sites is 1. The van der Waals surface area contributed by atoms with Crippen LogP contribution in [0.25, 0.3) is 0 Å². The van der Waals surface area contributed by atoms with Gasteiger partial charge in [0.1, 0.15) is 5.78 Å². The molecule has 198 valence electrons. The second-order valence-electron chi connectivity index (χ2n) is 10.9. The Hall–Kier alpha value is -2.07. The van der Waals surface area contributed by atoms with Crippen molar-refractivity contribution in [2.24, 2.45) is 17.8 Å². The lowest BCUT2D eigenvalue weighted by Gasteiger charge is -2.41. The van der Waals surface area contributed by atoms with Gasteiger partial charge in [0.05, 0.1) is 6.10 Å². The molecular weight excluding hydrogens is 543 g/mol. The van der Waals surface area contributed by atoms with E-state index >= 15 is 4.57 Å². The van der Waals surface area contributed by atoms with Gasteiger partial charge < -0.3 is 14.7 Å². The van der Waals surface area contributed by atoms with Crippen LogP contribution in [0.15, 0.2) is 83.3 Å². The van der Waals surface area contributed by atoms with Crippen LogP contribution in [0.5, 0.6) is 0 Å². The van der Waals surface area contributed by atoms with Crippen molar-refractivity contribution in [3.63, 3.8) is 0 Å². The van der Waals surface area contributed by atoms with Crippen molar-refractivity contribution in [3.05, 3.63) is 88.9 Å². The first kappa shape index (κ1) is 28.0. The largest absolute Gasteiger partial charge is 0.378 e. The Morgan fingerprint density at radius 1 is 0.946 bits per heavy atom. The van der Waals surface area contributed by atoms with Gasteiger partial charge in [0, 0.05) is 35.2 Å². The summed E-state index contributed by atoms with van der Waals surface area (Å²) in [7, 11) is 0.583. The zero-order chi connectivity index (χ0) is 26.6. The van der Waals surface area contributed by atoms with Gasteiger partial charge in [-0.2, -0.15) is 0 Å². The lowest BCUT2D eigenvalue weighted by Crippen LogP contribution is -2.35. The number of nitrogens with one attached hydrogen (secondary N) is 1. The second-order valence-corrected chi connectivity index (χ2v) is 14.3. The van der Waals surface area contributed by atoms with Crippen LogP contribution in [0.3, 0.4) is 0 Å². The number of hydrogen-bond donors (Lipinski definition) is 1. The minimum absolute atomic E-state index is 0.0568. The maximum atomic E-state index is 15.5. The Balaban J connectivity index is 1.84. The average molecular weight is 584 g/mol. The van der Waals surface area contributed by atoms with E-state index in [1.807, 2.05) is 93.0 Å². The van der Waals surface area contributed by atoms with Gasteiger partial charge in [-0.1, -0.05) is 73.5 Å². The second kappa shape index (κ2) is 12.2. The van der Waals surface area contributed by atoms with Crippen molar-refractivity contribution < 1.29 is 9.09 Å². The van der Waals surface area contributed by atoms with Crippen LogP contribution >= 0.6 is 23.3 Å². The summed E-state index contributed by atoms with van der Waals surface area (Å²) in [6.07, 6.45) is 3.18. The van der Waals surface area contributed by atoms with Gasteiger partial charge >= 0.3 is 0 Å². The van der Waals surface area contributed by atoms with E-state index in [2.05, 4.69) is 46.9 Å². The maximum Gasteiger partial charge on any atom is 0.258 e. The molecule has 0 radical (unpaired) electrons. The summed E-state index contributed by atoms with van der Waals surface area (Å²) in [5.74, 6) is 0.874. The molecule has 0 aromatic heterocycles. The summed E-state index contributed by atoms with van der Waals surface area (Å²) in [5.41, 5.74) is 2.93. The molecule has 0 spiro atoms. The van der Waals surface area contributed by atoms with Crippen molar-refractivity contribution in [2.75, 3.05) is 24.3 Å². The van der Waals surface area contributed by atoms with Crippen molar-refractivity contribution in [3.8, 4) is 0 Å². The van der Waals surface area contributed by atoms with Gasteiger partial charge in [0.2, 0.25) is 0 Å². The van der Waals surface area contributed by atoms with Crippen LogP contribution in [0.1, 0.15) is 51.4 Å². The zero-order valence-corrected chi connectivity index (χ0v) is 25.1. The molecule has 4 rings (SSSR count). The fourth-order valence-corrected chi connectivity index (χ4v) is 8.27. The molecule has 1 aliphatic carbocycles. The Labute approximate surface area is 231 Å². The number of hydrogen-bond acceptors (Lipinski definition) is 4. The molecule has 4 nitrogen and oxygen atoms in total. The van der Waals surface area contributed by atoms with Crippen molar-refractivity contribution in [2.45, 2.75) is 51.9 Å². The molecule has 0 saturated heterocycles. The standard InChI is InChI=1S/C31H40BrN2O2P/c1-22(2)29-20-11-23(3)21-30(29)36-37(35,28-18-16-27(17-19-28)34(4)5)31(24-12-14-25(32)15-13-24)33-26-9-7-6-8-10-26/h6-10,12-19,22-23,29-31,33H,11,20-21H2,1-5H3. The molecule has 1 fully saturated rings. The lowest BCUT2D eigenvalue weighted by molar-refractivity contribution is 0.0489. The average Bonchev–Trinajstić information content (AvgIpc) is 2.88. The number of rotatable bonds is 9. The monoisotopic (exact) mass is 582 g/mol. The maximum absolute atomic E-state index is 15.5. The van der Waals surface area contributed by atoms with E-state index in [1.54, 1.807) is 0 Å². The molecule has 0 aliphatic heterocycles. The van der Waals surface area contributed by atoms with E-state index < -0.39 is 13.2 Å². The van der Waals surface area contributed by atoms with Crippen LogP contribution in [-0.4, -0.2) is 20.2 Å². The predicted molar refractivity (Wildman–Crippen MR) is 161 cm³/mol. The number of anilines is 2. The van der Waals surface area contributed by atoms with Gasteiger partial charge in [-0.15, -0.1) is 0 Å². The molecule has 0 amide bonds. The quantitative estimate of drug-likeness (QED) is 0.256. The minimum Gasteiger partial charge on any atom is -0.378 e. The van der Waals surface area contributed by atoms with Crippen LogP contribution in [0, 0.1) is 17.8 Å². The Morgan fingerprint density at radius 2 is 1.59 bits per heavy atom. The zero-order valence-electron chi connectivity index (χ0n) is 22.6. The van der Waals surface area contributed by atoms with Crippen LogP contribution in [0.2, 0.25) is 0 Å². The molecule has 6 heteroatoms. The Morgan fingerprint density at radius 3 is 2.19 bits per heavy atom. The van der Waals surface area contributed by atoms with E-state index in [-0.39, 0.29) is 6.10 Å². The van der Waals surface area contributed by atoms with E-state index in [1.165, 1.54) is 6.42 Å². The molecule has 1 N–H and O–H groups in total. The first-order valence-electron chi connectivity index (χ1n) is 13.3. The minimum atomic E-state index is -3.45. The van der Waals surface area contributed by atoms with Gasteiger partial charge in [0.25, 0.3) is 7.37 Å². The van der Waals surface area contributed by atoms with E-state index in [0.717, 1.165) is 39.6 Å². The molecule has 37 heavy (non-hydrogen) atoms. The number of halogens is 1. The number of benzene rings is 3. The Kier molecular flexibility index (Phi) is 9.21. The first-order chi connectivity index (χ1) is 17.7. The normalized spacial score (nSPS) is 22.3. The third-order valence-corrected chi connectivity index (χ3v) is 10.8. The molecule has 0 bridgehead atoms. The topological polar surface area (TPSA) is 41.6 Å². The summed E-state index contributed by atoms with van der Waals surface area (Å²) in [6, 6.07) is 26.2. The SMILES string of the molecule is CC1CCC(C(C)C)C(OP(=O)(c2ccc(N(C)C)cc2)C(Nc2ccccc2)c2ccc(Br)cc2)C1. The van der Waals surface area contributed by atoms with Gasteiger partial charge in [-0.3, -0.25) is 4.57 Å². The lowest BCUT2D eigenvalue weighted by atomic mass is 9.75. The Bertz CT molecular complexity index is 1180. The molecule has 1 saturated carbocycles. The molecule has 5 unspecified atom stereocenters. The summed E-state index contributed by atoms with van der Waals surface area (Å²) < 4.78 is 23.5. The fourth-order valence-electron chi connectivity index (χ4n) is 5.37. The third kappa shape index (κ3) is 6.69. The summed E-state index contributed by atoms with van der Waals surface area (Å²) in [4.78, 5) is 2.06. The fraction of sp³-hybridized carbons (Fsp3) is 0.419. The number of nitrogens with zero attached hydrogens (tertiary/aromatic N) is 1. The van der Waals surface area contributed by atoms with Crippen molar-refractivity contribution in [1.82, 2.24) is 0 Å². The smallest absolute Gasteiger partial charge is 0.258 e. The van der Waals surface area contributed by atoms with E-state index in [4.69, 9.17) is 4.52 Å². The molecule has 1 aliphatic rings. The summed E-state index contributed by atoms with van der Waals surface area (Å²) >= 11 is 3.56. The molecule has 3 aromatic carbocycles. The van der Waals surface area contributed by atoms with Gasteiger partial charge in [-0.05, 0) is 84.7 Å². The highest BCUT2D eigenvalue weighted by atomic mass is 79.9. The third-order valence-electron chi connectivity index (χ3n) is 7.58. The van der Waals surface area contributed by atoms with Crippen LogP contribution < -0.4 is 15.5 Å². The van der Waals surface area contributed by atoms with Crippen LogP contribution in [0.4, 0.5) is 11.4 Å². The summed E-state index contributed by atoms with van der Waals surface area (Å²) in [5, 5.41) is 4.37. The van der Waals surface area contributed by atoms with Crippen molar-refractivity contribution in [1.29, 1.82) is 0 Å². The molecule has 3 aromatic rings. The molecule has 5 atom stereocenters. The van der Waals surface area contributed by atoms with E-state index in [9.17, 15) is 0 Å². The highest BCUT2D eigenvalue weighted by Crippen LogP contribution is 2.61.